The van der Waals surface area contributed by atoms with Crippen LogP contribution in [-0.2, 0) is 4.79 Å². The highest BCUT2D eigenvalue weighted by atomic mass is 35.5. The van der Waals surface area contributed by atoms with Gasteiger partial charge in [0.15, 0.2) is 0 Å². The first-order valence-corrected chi connectivity index (χ1v) is 8.30. The molecule has 1 aliphatic carbocycles. The monoisotopic (exact) mass is 357 g/mol. The summed E-state index contributed by atoms with van der Waals surface area (Å²) < 4.78 is 0. The van der Waals surface area contributed by atoms with E-state index in [0.717, 1.165) is 16.7 Å². The summed E-state index contributed by atoms with van der Waals surface area (Å²) in [5, 5.41) is 3.08. The Hall–Kier alpha value is -2.37. The maximum atomic E-state index is 12.8. The van der Waals surface area contributed by atoms with E-state index >= 15 is 0 Å². The lowest BCUT2D eigenvalue weighted by Gasteiger charge is -2.20. The lowest BCUT2D eigenvalue weighted by molar-refractivity contribution is -0.118. The summed E-state index contributed by atoms with van der Waals surface area (Å²) in [5.74, 6) is -1.05. The molecule has 0 atom stereocenters. The highest BCUT2D eigenvalue weighted by molar-refractivity contribution is 8.04. The summed E-state index contributed by atoms with van der Waals surface area (Å²) in [6.45, 7) is 1.30. The van der Waals surface area contributed by atoms with E-state index in [1.54, 1.807) is 48.5 Å². The van der Waals surface area contributed by atoms with Crippen molar-refractivity contribution in [2.75, 3.05) is 0 Å². The van der Waals surface area contributed by atoms with Crippen molar-refractivity contribution in [3.63, 3.8) is 0 Å². The van der Waals surface area contributed by atoms with E-state index in [0.29, 0.717) is 16.1 Å². The first kappa shape index (κ1) is 16.5. The molecule has 2 aromatic carbocycles. The van der Waals surface area contributed by atoms with E-state index in [4.69, 9.17) is 11.6 Å². The zero-order chi connectivity index (χ0) is 17.3. The average molecular weight is 358 g/mol. The van der Waals surface area contributed by atoms with Gasteiger partial charge in [0.25, 0.3) is 0 Å². The van der Waals surface area contributed by atoms with E-state index in [-0.39, 0.29) is 22.2 Å². The topological polar surface area (TPSA) is 63.2 Å². The molecule has 1 amide bonds. The minimum atomic E-state index is -0.403. The fourth-order valence-corrected chi connectivity index (χ4v) is 3.44. The number of hydrogen-bond acceptors (Lipinski definition) is 4. The van der Waals surface area contributed by atoms with Crippen LogP contribution in [0.3, 0.4) is 0 Å². The molecule has 0 heterocycles. The van der Waals surface area contributed by atoms with Crippen LogP contribution in [0.1, 0.15) is 27.6 Å². The number of ketones is 2. The van der Waals surface area contributed by atoms with Gasteiger partial charge < -0.3 is 5.32 Å². The maximum Gasteiger partial charge on any atom is 0.221 e. The van der Waals surface area contributed by atoms with Crippen LogP contribution in [0.5, 0.6) is 0 Å². The summed E-state index contributed by atoms with van der Waals surface area (Å²) in [6, 6.07) is 13.5. The molecule has 1 N–H and O–H groups in total. The third-order valence-electron chi connectivity index (χ3n) is 3.41. The average Bonchev–Trinajstić information content (AvgIpc) is 2.57. The van der Waals surface area contributed by atoms with Crippen LogP contribution in [0.25, 0.3) is 0 Å². The van der Waals surface area contributed by atoms with Crippen molar-refractivity contribution in [2.45, 2.75) is 11.8 Å². The Morgan fingerprint density at radius 2 is 1.54 bits per heavy atom. The van der Waals surface area contributed by atoms with E-state index in [1.807, 2.05) is 0 Å². The summed E-state index contributed by atoms with van der Waals surface area (Å²) in [4.78, 5) is 37.9. The minimum absolute atomic E-state index is 0.0196. The van der Waals surface area contributed by atoms with Gasteiger partial charge in [-0.1, -0.05) is 47.6 Å². The second-order valence-electron chi connectivity index (χ2n) is 5.15. The molecule has 0 aliphatic heterocycles. The molecule has 24 heavy (non-hydrogen) atoms. The third kappa shape index (κ3) is 3.13. The summed E-state index contributed by atoms with van der Waals surface area (Å²) in [6.07, 6.45) is 0. The quantitative estimate of drug-likeness (QED) is 0.906. The number of benzene rings is 2. The number of rotatable bonds is 3. The largest absolute Gasteiger partial charge is 0.322 e. The van der Waals surface area contributed by atoms with Crippen molar-refractivity contribution in [1.29, 1.82) is 0 Å². The smallest absolute Gasteiger partial charge is 0.221 e. The Kier molecular flexibility index (Phi) is 4.55. The van der Waals surface area contributed by atoms with Gasteiger partial charge in [-0.05, 0) is 24.3 Å². The predicted molar refractivity (Wildman–Crippen MR) is 93.3 cm³/mol. The number of carbonyl (C=O) groups excluding carboxylic acids is 3. The molecular formula is C18H12ClNO3S. The third-order valence-corrected chi connectivity index (χ3v) is 4.76. The number of halogens is 1. The number of nitrogens with one attached hydrogen (secondary N) is 1. The Bertz CT molecular complexity index is 887. The van der Waals surface area contributed by atoms with Gasteiger partial charge in [0.05, 0.1) is 4.91 Å². The van der Waals surface area contributed by atoms with Crippen molar-refractivity contribution in [1.82, 2.24) is 5.32 Å². The Morgan fingerprint density at radius 3 is 2.12 bits per heavy atom. The van der Waals surface area contributed by atoms with Crippen LogP contribution < -0.4 is 5.32 Å². The fraction of sp³-hybridized carbons (Fsp3) is 0.0556. The first-order valence-electron chi connectivity index (χ1n) is 7.11. The van der Waals surface area contributed by atoms with Crippen LogP contribution in [0, 0.1) is 0 Å². The Labute approximate surface area is 147 Å². The second-order valence-corrected chi connectivity index (χ2v) is 6.67. The van der Waals surface area contributed by atoms with Crippen LogP contribution in [0.4, 0.5) is 0 Å². The van der Waals surface area contributed by atoms with E-state index in [2.05, 4.69) is 5.32 Å². The predicted octanol–water partition coefficient (Wildman–Crippen LogP) is 3.86. The van der Waals surface area contributed by atoms with Gasteiger partial charge in [0.2, 0.25) is 17.5 Å². The van der Waals surface area contributed by atoms with Crippen molar-refractivity contribution < 1.29 is 14.4 Å². The molecule has 3 rings (SSSR count). The number of thioether (sulfide) groups is 1. The lowest BCUT2D eigenvalue weighted by atomic mass is 9.92. The normalized spacial score (nSPS) is 13.8. The SMILES string of the molecule is CC(=O)NC1=C(Sc2ccc(Cl)cc2)C(=O)c2ccccc2C1=O. The van der Waals surface area contributed by atoms with Gasteiger partial charge in [0.1, 0.15) is 5.70 Å². The molecule has 0 fully saturated rings. The minimum Gasteiger partial charge on any atom is -0.322 e. The van der Waals surface area contributed by atoms with Gasteiger partial charge in [-0.2, -0.15) is 0 Å². The van der Waals surface area contributed by atoms with Crippen LogP contribution in [-0.4, -0.2) is 17.5 Å². The Morgan fingerprint density at radius 1 is 0.958 bits per heavy atom. The summed E-state index contributed by atoms with van der Waals surface area (Å²) >= 11 is 7.01. The van der Waals surface area contributed by atoms with Crippen LogP contribution in [0.15, 0.2) is 64.0 Å². The van der Waals surface area contributed by atoms with Gasteiger partial charge in [-0.25, -0.2) is 0 Å². The number of carbonyl (C=O) groups is 3. The van der Waals surface area contributed by atoms with E-state index < -0.39 is 5.91 Å². The zero-order valence-electron chi connectivity index (χ0n) is 12.6. The second kappa shape index (κ2) is 6.63. The molecule has 0 unspecified atom stereocenters. The first-order chi connectivity index (χ1) is 11.5. The number of Topliss-reactive ketones (excluding diaryl/α,β-unsaturated/α-hetero) is 2. The van der Waals surface area contributed by atoms with Crippen molar-refractivity contribution in [2.24, 2.45) is 0 Å². The van der Waals surface area contributed by atoms with Crippen molar-refractivity contribution in [3.05, 3.63) is 75.3 Å². The molecule has 0 bridgehead atoms. The van der Waals surface area contributed by atoms with Gasteiger partial charge >= 0.3 is 0 Å². The number of hydrogen-bond donors (Lipinski definition) is 1. The molecule has 0 aromatic heterocycles. The van der Waals surface area contributed by atoms with Crippen molar-refractivity contribution in [3.8, 4) is 0 Å². The summed E-state index contributed by atoms with van der Waals surface area (Å²) in [7, 11) is 0. The molecule has 6 heteroatoms. The zero-order valence-corrected chi connectivity index (χ0v) is 14.2. The Balaban J connectivity index is 2.09. The van der Waals surface area contributed by atoms with E-state index in [9.17, 15) is 14.4 Å². The highest BCUT2D eigenvalue weighted by Gasteiger charge is 2.33. The van der Waals surface area contributed by atoms with Crippen LogP contribution >= 0.6 is 23.4 Å². The van der Waals surface area contributed by atoms with Gasteiger partial charge in [-0.15, -0.1) is 0 Å². The number of allylic oxidation sites excluding steroid dienone is 2. The molecule has 0 radical (unpaired) electrons. The molecule has 120 valence electrons. The molecule has 0 saturated heterocycles. The molecular weight excluding hydrogens is 346 g/mol. The maximum absolute atomic E-state index is 12.8. The number of amides is 1. The molecule has 0 spiro atoms. The molecule has 4 nitrogen and oxygen atoms in total. The molecule has 2 aromatic rings. The molecule has 0 saturated carbocycles. The standard InChI is InChI=1S/C18H12ClNO3S/c1-10(21)20-15-16(22)13-4-2-3-5-14(13)17(23)18(15)24-12-8-6-11(19)7-9-12/h2-9H,1H3,(H,20,21). The van der Waals surface area contributed by atoms with E-state index in [1.165, 1.54) is 6.92 Å². The molecule has 1 aliphatic rings. The van der Waals surface area contributed by atoms with Crippen LogP contribution in [0.2, 0.25) is 5.02 Å². The fourth-order valence-electron chi connectivity index (χ4n) is 2.36. The number of fused-ring (bicyclic) bond motifs is 1. The van der Waals surface area contributed by atoms with Crippen molar-refractivity contribution >= 4 is 40.8 Å². The van der Waals surface area contributed by atoms with Gasteiger partial charge in [0, 0.05) is 28.0 Å². The van der Waals surface area contributed by atoms with Gasteiger partial charge in [-0.3, -0.25) is 14.4 Å². The lowest BCUT2D eigenvalue weighted by Crippen LogP contribution is -2.32. The highest BCUT2D eigenvalue weighted by Crippen LogP contribution is 2.36. The summed E-state index contributed by atoms with van der Waals surface area (Å²) in [5.41, 5.74) is 0.658.